The van der Waals surface area contributed by atoms with Crippen LogP contribution in [0.1, 0.15) is 96.5 Å². The van der Waals surface area contributed by atoms with Crippen LogP contribution in [-0.2, 0) is 19.6 Å². The molecule has 0 radical (unpaired) electrons. The summed E-state index contributed by atoms with van der Waals surface area (Å²) < 4.78 is 35.8. The summed E-state index contributed by atoms with van der Waals surface area (Å²) in [5.41, 5.74) is 0.956. The van der Waals surface area contributed by atoms with Crippen LogP contribution in [0.3, 0.4) is 0 Å². The molecule has 1 aromatic carbocycles. The first-order valence-corrected chi connectivity index (χ1v) is 14.3. The lowest BCUT2D eigenvalue weighted by molar-refractivity contribution is -0.108. The molecular formula is C27H49NO5S. The average Bonchev–Trinajstić information content (AvgIpc) is 2.79. The maximum atomic E-state index is 10.5. The summed E-state index contributed by atoms with van der Waals surface area (Å²) >= 11 is 0. The number of hydrogen-bond donors (Lipinski definition) is 1. The topological polar surface area (TPSA) is 83.9 Å². The number of aryl methyl sites for hydroxylation is 1. The third-order valence-corrected chi connectivity index (χ3v) is 6.74. The second-order valence-electron chi connectivity index (χ2n) is 9.35. The van der Waals surface area contributed by atoms with Gasteiger partial charge in [-0.25, -0.2) is 0 Å². The van der Waals surface area contributed by atoms with E-state index in [0.717, 1.165) is 37.7 Å². The Balaban J connectivity index is 0.000000818. The monoisotopic (exact) mass is 499 g/mol. The molecule has 0 saturated carbocycles. The van der Waals surface area contributed by atoms with E-state index in [4.69, 9.17) is 9.29 Å². The Morgan fingerprint density at radius 1 is 0.912 bits per heavy atom. The van der Waals surface area contributed by atoms with Gasteiger partial charge in [0.2, 0.25) is 0 Å². The van der Waals surface area contributed by atoms with Crippen molar-refractivity contribution in [3.8, 4) is 0 Å². The van der Waals surface area contributed by atoms with Crippen molar-refractivity contribution in [3.63, 3.8) is 0 Å². The van der Waals surface area contributed by atoms with Crippen molar-refractivity contribution in [3.05, 3.63) is 29.8 Å². The van der Waals surface area contributed by atoms with Crippen LogP contribution >= 0.6 is 0 Å². The number of aldehydes is 1. The summed E-state index contributed by atoms with van der Waals surface area (Å²) in [4.78, 5) is 12.5. The Hall–Kier alpha value is -1.28. The van der Waals surface area contributed by atoms with E-state index in [9.17, 15) is 13.2 Å². The lowest BCUT2D eigenvalue weighted by Crippen LogP contribution is -2.32. The number of nitrogens with zero attached hydrogens (tertiary/aromatic N) is 1. The Bertz CT molecular complexity index is 719. The van der Waals surface area contributed by atoms with Gasteiger partial charge in [0.05, 0.1) is 11.5 Å². The van der Waals surface area contributed by atoms with Gasteiger partial charge in [0.25, 0.3) is 10.1 Å². The summed E-state index contributed by atoms with van der Waals surface area (Å²) in [6.45, 7) is 7.27. The number of benzene rings is 1. The van der Waals surface area contributed by atoms with Crippen molar-refractivity contribution >= 4 is 16.4 Å². The zero-order chi connectivity index (χ0) is 25.8. The van der Waals surface area contributed by atoms with E-state index in [1.54, 1.807) is 12.1 Å². The molecule has 0 amide bonds. The Morgan fingerprint density at radius 2 is 1.50 bits per heavy atom. The number of ether oxygens (including phenoxy) is 1. The van der Waals surface area contributed by atoms with E-state index in [1.807, 2.05) is 6.92 Å². The molecule has 0 spiro atoms. The molecular weight excluding hydrogens is 450 g/mol. The molecule has 1 aromatic rings. The van der Waals surface area contributed by atoms with Gasteiger partial charge >= 0.3 is 0 Å². The minimum absolute atomic E-state index is 0.0666. The van der Waals surface area contributed by atoms with Crippen LogP contribution in [-0.4, -0.2) is 51.1 Å². The van der Waals surface area contributed by atoms with E-state index in [1.165, 1.54) is 63.5 Å². The molecule has 0 heterocycles. The zero-order valence-corrected chi connectivity index (χ0v) is 23.0. The quantitative estimate of drug-likeness (QED) is 0.105. The fraction of sp³-hybridized carbons (Fsp3) is 0.741. The lowest BCUT2D eigenvalue weighted by atomic mass is 9.96. The third-order valence-electron chi connectivity index (χ3n) is 5.87. The average molecular weight is 500 g/mol. The van der Waals surface area contributed by atoms with Crippen molar-refractivity contribution in [2.75, 3.05) is 20.7 Å². The van der Waals surface area contributed by atoms with Crippen molar-refractivity contribution in [2.45, 2.75) is 109 Å². The van der Waals surface area contributed by atoms with Gasteiger partial charge in [0.1, 0.15) is 12.5 Å². The van der Waals surface area contributed by atoms with E-state index in [-0.39, 0.29) is 11.1 Å². The van der Waals surface area contributed by atoms with E-state index in [0.29, 0.717) is 12.3 Å². The number of carbonyl (C=O) groups excluding carboxylic acids is 1. The summed E-state index contributed by atoms with van der Waals surface area (Å²) in [5, 5.41) is 0. The molecule has 198 valence electrons. The maximum absolute atomic E-state index is 10.5. The Labute approximate surface area is 209 Å². The normalized spacial score (nSPS) is 13.3. The SMILES string of the molecule is CCCCCCC(CCCC)COC(CCCCC=O)N(C)C.Cc1ccc(S(=O)(=O)O)cc1. The first kappa shape index (κ1) is 32.7. The second kappa shape index (κ2) is 20.0. The lowest BCUT2D eigenvalue weighted by Gasteiger charge is -2.27. The highest BCUT2D eigenvalue weighted by atomic mass is 32.2. The van der Waals surface area contributed by atoms with Crippen LogP contribution in [0.15, 0.2) is 29.2 Å². The molecule has 7 heteroatoms. The molecule has 2 atom stereocenters. The first-order valence-electron chi connectivity index (χ1n) is 12.9. The van der Waals surface area contributed by atoms with Crippen LogP contribution in [0.4, 0.5) is 0 Å². The smallest absolute Gasteiger partial charge is 0.294 e. The number of hydrogen-bond acceptors (Lipinski definition) is 5. The highest BCUT2D eigenvalue weighted by molar-refractivity contribution is 7.85. The standard InChI is InChI=1S/C20H41NO2.C7H8O3S/c1-5-7-9-11-15-19(14-8-6-2)18-23-20(21(3)4)16-12-10-13-17-22;1-6-2-4-7(5-3-6)11(8,9)10/h17,19-20H,5-16,18H2,1-4H3;2-5H,1H3,(H,8,9,10). The molecule has 6 nitrogen and oxygen atoms in total. The fourth-order valence-corrected chi connectivity index (χ4v) is 4.14. The molecule has 0 saturated heterocycles. The minimum atomic E-state index is -4.02. The second-order valence-corrected chi connectivity index (χ2v) is 10.8. The van der Waals surface area contributed by atoms with Crippen LogP contribution < -0.4 is 0 Å². The summed E-state index contributed by atoms with van der Waals surface area (Å²) in [7, 11) is 0.160. The van der Waals surface area contributed by atoms with E-state index < -0.39 is 10.1 Å². The number of carbonyl (C=O) groups is 1. The highest BCUT2D eigenvalue weighted by Gasteiger charge is 2.15. The van der Waals surface area contributed by atoms with Crippen molar-refractivity contribution in [2.24, 2.45) is 5.92 Å². The molecule has 1 rings (SSSR count). The Morgan fingerprint density at radius 3 is 2.03 bits per heavy atom. The molecule has 0 aromatic heterocycles. The van der Waals surface area contributed by atoms with Crippen molar-refractivity contribution in [1.29, 1.82) is 0 Å². The van der Waals surface area contributed by atoms with Crippen molar-refractivity contribution in [1.82, 2.24) is 4.90 Å². The Kier molecular flexibility index (Phi) is 19.2. The van der Waals surface area contributed by atoms with Gasteiger partial charge in [-0.2, -0.15) is 8.42 Å². The molecule has 2 unspecified atom stereocenters. The van der Waals surface area contributed by atoms with Gasteiger partial charge in [-0.15, -0.1) is 0 Å². The first-order chi connectivity index (χ1) is 16.1. The highest BCUT2D eigenvalue weighted by Crippen LogP contribution is 2.20. The molecule has 34 heavy (non-hydrogen) atoms. The predicted molar refractivity (Wildman–Crippen MR) is 141 cm³/mol. The molecule has 0 fully saturated rings. The zero-order valence-electron chi connectivity index (χ0n) is 22.2. The molecule has 0 bridgehead atoms. The summed E-state index contributed by atoms with van der Waals surface area (Å²) in [5.74, 6) is 0.712. The largest absolute Gasteiger partial charge is 0.363 e. The van der Waals surface area contributed by atoms with Crippen molar-refractivity contribution < 1.29 is 22.5 Å². The van der Waals surface area contributed by atoms with Gasteiger partial charge in [-0.3, -0.25) is 9.45 Å². The van der Waals surface area contributed by atoms with Gasteiger partial charge in [-0.05, 0) is 71.2 Å². The maximum Gasteiger partial charge on any atom is 0.294 e. The van der Waals surface area contributed by atoms with E-state index >= 15 is 0 Å². The van der Waals surface area contributed by atoms with Crippen LogP contribution in [0.2, 0.25) is 0 Å². The number of unbranched alkanes of at least 4 members (excludes halogenated alkanes) is 6. The summed E-state index contributed by atoms with van der Waals surface area (Å²) in [6, 6.07) is 5.99. The van der Waals surface area contributed by atoms with Gasteiger partial charge < -0.3 is 9.53 Å². The van der Waals surface area contributed by atoms with Gasteiger partial charge in [0, 0.05) is 6.42 Å². The summed E-state index contributed by atoms with van der Waals surface area (Å²) in [6.07, 6.45) is 15.5. The van der Waals surface area contributed by atoms with Crippen LogP contribution in [0, 0.1) is 12.8 Å². The van der Waals surface area contributed by atoms with Crippen LogP contribution in [0.5, 0.6) is 0 Å². The number of rotatable bonds is 18. The third kappa shape index (κ3) is 17.2. The van der Waals surface area contributed by atoms with Gasteiger partial charge in [-0.1, -0.05) is 70.1 Å². The van der Waals surface area contributed by atoms with Crippen LogP contribution in [0.25, 0.3) is 0 Å². The fourth-order valence-electron chi connectivity index (χ4n) is 3.66. The minimum Gasteiger partial charge on any atom is -0.363 e. The molecule has 0 aliphatic carbocycles. The predicted octanol–water partition coefficient (Wildman–Crippen LogP) is 6.67. The van der Waals surface area contributed by atoms with Gasteiger partial charge in [0.15, 0.2) is 0 Å². The van der Waals surface area contributed by atoms with E-state index in [2.05, 4.69) is 32.8 Å². The molecule has 0 aliphatic rings. The molecule has 1 N–H and O–H groups in total. The molecule has 0 aliphatic heterocycles.